The van der Waals surface area contributed by atoms with E-state index in [1.54, 1.807) is 31.7 Å². The minimum atomic E-state index is -0.869. The molecule has 8 nitrogen and oxygen atoms in total. The molecule has 0 aliphatic heterocycles. The molecule has 2 heterocycles. The molecule has 0 fully saturated rings. The van der Waals surface area contributed by atoms with Gasteiger partial charge in [0.05, 0.1) is 19.1 Å². The Labute approximate surface area is 208 Å². The van der Waals surface area contributed by atoms with Crippen molar-refractivity contribution < 1.29 is 28.6 Å². The number of hydrogen-bond acceptors (Lipinski definition) is 7. The molecule has 9 heteroatoms. The monoisotopic (exact) mass is 498 g/mol. The van der Waals surface area contributed by atoms with Crippen LogP contribution in [-0.2, 0) is 22.5 Å². The zero-order chi connectivity index (χ0) is 25.5. The summed E-state index contributed by atoms with van der Waals surface area (Å²) >= 11 is 1.28. The van der Waals surface area contributed by atoms with Gasteiger partial charge in [0.2, 0.25) is 5.78 Å². The van der Waals surface area contributed by atoms with E-state index in [1.807, 2.05) is 38.1 Å². The highest BCUT2D eigenvalue weighted by molar-refractivity contribution is 7.12. The SMILES string of the molecule is COc1ccc(CCn2c(C)cc(C(=O)COC(=O)C(C)NC(=O)c3cccs3)c2C)cc1OC. The number of aromatic nitrogens is 1. The Morgan fingerprint density at radius 1 is 1.06 bits per heavy atom. The van der Waals surface area contributed by atoms with Crippen LogP contribution >= 0.6 is 11.3 Å². The number of ether oxygens (including phenoxy) is 3. The van der Waals surface area contributed by atoms with Gasteiger partial charge in [-0.1, -0.05) is 12.1 Å². The smallest absolute Gasteiger partial charge is 0.328 e. The van der Waals surface area contributed by atoms with Gasteiger partial charge in [-0.25, -0.2) is 4.79 Å². The van der Waals surface area contributed by atoms with Crippen LogP contribution in [0.3, 0.4) is 0 Å². The van der Waals surface area contributed by atoms with Gasteiger partial charge in [-0.2, -0.15) is 0 Å². The first-order valence-corrected chi connectivity index (χ1v) is 12.0. The highest BCUT2D eigenvalue weighted by atomic mass is 32.1. The number of thiophene rings is 1. The number of Topliss-reactive ketones (excluding diaryl/α,β-unsaturated/α-hetero) is 1. The summed E-state index contributed by atoms with van der Waals surface area (Å²) in [7, 11) is 3.20. The van der Waals surface area contributed by atoms with E-state index < -0.39 is 18.6 Å². The highest BCUT2D eigenvalue weighted by Gasteiger charge is 2.22. The second-order valence-corrected chi connectivity index (χ2v) is 9.03. The Bertz CT molecular complexity index is 1200. The zero-order valence-electron chi connectivity index (χ0n) is 20.5. The van der Waals surface area contributed by atoms with Gasteiger partial charge in [0.25, 0.3) is 5.91 Å². The van der Waals surface area contributed by atoms with Crippen molar-refractivity contribution in [1.29, 1.82) is 0 Å². The molecular formula is C26H30N2O6S. The Morgan fingerprint density at radius 3 is 2.46 bits per heavy atom. The molecule has 0 saturated carbocycles. The summed E-state index contributed by atoms with van der Waals surface area (Å²) in [5, 5.41) is 4.36. The second-order valence-electron chi connectivity index (χ2n) is 8.08. The molecule has 0 aliphatic carbocycles. The van der Waals surface area contributed by atoms with E-state index in [9.17, 15) is 14.4 Å². The van der Waals surface area contributed by atoms with Crippen LogP contribution in [0.5, 0.6) is 11.5 Å². The maximum atomic E-state index is 12.8. The summed E-state index contributed by atoms with van der Waals surface area (Å²) < 4.78 is 17.9. The normalized spacial score (nSPS) is 11.6. The number of carbonyl (C=O) groups is 3. The summed E-state index contributed by atoms with van der Waals surface area (Å²) in [4.78, 5) is 37.7. The number of ketones is 1. The van der Waals surface area contributed by atoms with Crippen LogP contribution < -0.4 is 14.8 Å². The molecule has 2 aromatic heterocycles. The first-order valence-electron chi connectivity index (χ1n) is 11.2. The van der Waals surface area contributed by atoms with E-state index in [0.29, 0.717) is 28.5 Å². The van der Waals surface area contributed by atoms with Crippen LogP contribution in [0.2, 0.25) is 0 Å². The summed E-state index contributed by atoms with van der Waals surface area (Å²) in [6, 6.07) is 10.2. The van der Waals surface area contributed by atoms with Crippen molar-refractivity contribution in [3.63, 3.8) is 0 Å². The molecule has 1 N–H and O–H groups in total. The molecule has 3 aromatic rings. The Kier molecular flexibility index (Phi) is 8.70. The lowest BCUT2D eigenvalue weighted by molar-refractivity contribution is -0.144. The van der Waals surface area contributed by atoms with Crippen LogP contribution in [0.1, 0.15) is 43.9 Å². The van der Waals surface area contributed by atoms with Gasteiger partial charge in [0, 0.05) is 23.5 Å². The molecule has 0 bridgehead atoms. The number of esters is 1. The van der Waals surface area contributed by atoms with Crippen LogP contribution in [0.15, 0.2) is 41.8 Å². The van der Waals surface area contributed by atoms with Crippen LogP contribution in [0, 0.1) is 13.8 Å². The van der Waals surface area contributed by atoms with Crippen molar-refractivity contribution in [2.75, 3.05) is 20.8 Å². The Hall–Kier alpha value is -3.59. The summed E-state index contributed by atoms with van der Waals surface area (Å²) in [5.74, 6) is 0.0387. The number of nitrogens with zero attached hydrogens (tertiary/aromatic N) is 1. The lowest BCUT2D eigenvalue weighted by Crippen LogP contribution is -2.39. The maximum absolute atomic E-state index is 12.8. The average molecular weight is 499 g/mol. The number of amides is 1. The van der Waals surface area contributed by atoms with Gasteiger partial charge in [0.1, 0.15) is 6.04 Å². The third-order valence-corrected chi connectivity index (χ3v) is 6.61. The predicted molar refractivity (Wildman–Crippen MR) is 134 cm³/mol. The quantitative estimate of drug-likeness (QED) is 0.318. The number of benzene rings is 1. The molecule has 3 rings (SSSR count). The van der Waals surface area contributed by atoms with E-state index in [-0.39, 0.29) is 11.7 Å². The van der Waals surface area contributed by atoms with Gasteiger partial charge in [-0.3, -0.25) is 9.59 Å². The van der Waals surface area contributed by atoms with E-state index in [1.165, 1.54) is 18.3 Å². The lowest BCUT2D eigenvalue weighted by Gasteiger charge is -2.13. The standard InChI is InChI=1S/C26H30N2O6S/c1-16-13-20(18(3)28(16)11-10-19-8-9-22(32-4)23(14-19)33-5)21(29)15-34-26(31)17(2)27-25(30)24-7-6-12-35-24/h6-9,12-14,17H,10-11,15H2,1-5H3,(H,27,30). The molecule has 35 heavy (non-hydrogen) atoms. The molecule has 1 atom stereocenters. The van der Waals surface area contributed by atoms with Crippen molar-refractivity contribution in [3.05, 3.63) is 69.2 Å². The van der Waals surface area contributed by atoms with Gasteiger partial charge < -0.3 is 24.1 Å². The van der Waals surface area contributed by atoms with Gasteiger partial charge >= 0.3 is 5.97 Å². The lowest BCUT2D eigenvalue weighted by atomic mass is 10.1. The van der Waals surface area contributed by atoms with Crippen molar-refractivity contribution in [3.8, 4) is 11.5 Å². The average Bonchev–Trinajstić information content (AvgIpc) is 3.49. The fraction of sp³-hybridized carbons (Fsp3) is 0.346. The summed E-state index contributed by atoms with van der Waals surface area (Å²) in [6.07, 6.45) is 0.737. The van der Waals surface area contributed by atoms with Gasteiger partial charge in [0.15, 0.2) is 18.1 Å². The van der Waals surface area contributed by atoms with Crippen molar-refractivity contribution in [1.82, 2.24) is 9.88 Å². The maximum Gasteiger partial charge on any atom is 0.328 e. The van der Waals surface area contributed by atoms with Crippen LogP contribution in [0.25, 0.3) is 0 Å². The summed E-state index contributed by atoms with van der Waals surface area (Å²) in [6.45, 7) is 5.62. The summed E-state index contributed by atoms with van der Waals surface area (Å²) in [5.41, 5.74) is 3.34. The molecule has 0 spiro atoms. The number of aryl methyl sites for hydroxylation is 2. The van der Waals surface area contributed by atoms with Crippen LogP contribution in [0.4, 0.5) is 0 Å². The third-order valence-electron chi connectivity index (χ3n) is 5.74. The molecular weight excluding hydrogens is 468 g/mol. The zero-order valence-corrected chi connectivity index (χ0v) is 21.4. The van der Waals surface area contributed by atoms with E-state index >= 15 is 0 Å². The number of rotatable bonds is 11. The minimum Gasteiger partial charge on any atom is -0.493 e. The minimum absolute atomic E-state index is 0.291. The van der Waals surface area contributed by atoms with E-state index in [0.717, 1.165) is 23.4 Å². The predicted octanol–water partition coefficient (Wildman–Crippen LogP) is 3.97. The van der Waals surface area contributed by atoms with Crippen molar-refractivity contribution in [2.24, 2.45) is 0 Å². The third kappa shape index (κ3) is 6.30. The van der Waals surface area contributed by atoms with Crippen molar-refractivity contribution in [2.45, 2.75) is 39.8 Å². The van der Waals surface area contributed by atoms with Gasteiger partial charge in [-0.05, 0) is 62.4 Å². The molecule has 0 radical (unpaired) electrons. The van der Waals surface area contributed by atoms with Crippen LogP contribution in [-0.4, -0.2) is 49.1 Å². The van der Waals surface area contributed by atoms with E-state index in [2.05, 4.69) is 9.88 Å². The first kappa shape index (κ1) is 26.0. The molecule has 1 aromatic carbocycles. The van der Waals surface area contributed by atoms with Crippen molar-refractivity contribution >= 4 is 29.0 Å². The van der Waals surface area contributed by atoms with Gasteiger partial charge in [-0.15, -0.1) is 11.3 Å². The first-order chi connectivity index (χ1) is 16.7. The Morgan fingerprint density at radius 2 is 1.80 bits per heavy atom. The highest BCUT2D eigenvalue weighted by Crippen LogP contribution is 2.28. The number of carbonyl (C=O) groups excluding carboxylic acids is 3. The Balaban J connectivity index is 1.58. The molecule has 1 amide bonds. The number of methoxy groups -OCH3 is 2. The number of hydrogen-bond donors (Lipinski definition) is 1. The molecule has 0 aliphatic rings. The topological polar surface area (TPSA) is 95.9 Å². The largest absolute Gasteiger partial charge is 0.493 e. The molecule has 186 valence electrons. The van der Waals surface area contributed by atoms with E-state index in [4.69, 9.17) is 14.2 Å². The second kappa shape index (κ2) is 11.7. The number of nitrogens with one attached hydrogen (secondary N) is 1. The fourth-order valence-electron chi connectivity index (χ4n) is 3.78. The molecule has 0 saturated heterocycles. The molecule has 1 unspecified atom stereocenters. The fourth-order valence-corrected chi connectivity index (χ4v) is 4.41.